The third-order valence-corrected chi connectivity index (χ3v) is 2.19. The second-order valence-corrected chi connectivity index (χ2v) is 3.03. The molecular formula is C7H5NNaOS+. The second-order valence-electron chi connectivity index (χ2n) is 2.01. The van der Waals surface area contributed by atoms with Crippen LogP contribution >= 0.6 is 11.3 Å². The van der Waals surface area contributed by atoms with Crippen molar-refractivity contribution in [2.24, 2.45) is 0 Å². The van der Waals surface area contributed by atoms with Crippen molar-refractivity contribution in [3.05, 3.63) is 33.9 Å². The third kappa shape index (κ3) is 1.73. The quantitative estimate of drug-likeness (QED) is 0.489. The maximum Gasteiger partial charge on any atom is 1.00 e. The molecule has 1 aromatic heterocycles. The molecule has 0 aliphatic carbocycles. The van der Waals surface area contributed by atoms with Gasteiger partial charge in [0.25, 0.3) is 0 Å². The number of thiazole rings is 1. The summed E-state index contributed by atoms with van der Waals surface area (Å²) < 4.78 is 1.02. The van der Waals surface area contributed by atoms with E-state index in [1.165, 1.54) is 11.3 Å². The zero-order valence-electron chi connectivity index (χ0n) is 6.13. The molecule has 1 N–H and O–H groups in total. The van der Waals surface area contributed by atoms with E-state index in [0.29, 0.717) is 0 Å². The molecule has 50 valence electrons. The Hall–Kier alpha value is -0.0900. The Kier molecular flexibility index (Phi) is 2.90. The summed E-state index contributed by atoms with van der Waals surface area (Å²) in [5, 5.41) is 0. The first-order valence-electron chi connectivity index (χ1n) is 2.94. The summed E-state index contributed by atoms with van der Waals surface area (Å²) in [5.74, 6) is 0. The van der Waals surface area contributed by atoms with Gasteiger partial charge in [-0.05, 0) is 12.1 Å². The average Bonchev–Trinajstić information content (AvgIpc) is 2.27. The maximum absolute atomic E-state index is 10.8. The molecule has 0 saturated heterocycles. The van der Waals surface area contributed by atoms with Crippen molar-refractivity contribution in [3.63, 3.8) is 0 Å². The molecule has 0 saturated carbocycles. The summed E-state index contributed by atoms with van der Waals surface area (Å²) in [7, 11) is 0. The number of H-pyrrole nitrogens is 1. The van der Waals surface area contributed by atoms with Gasteiger partial charge in [0, 0.05) is 0 Å². The molecular weight excluding hydrogens is 169 g/mol. The Morgan fingerprint density at radius 1 is 1.27 bits per heavy atom. The molecule has 0 fully saturated rings. The Bertz CT molecular complexity index is 370. The zero-order valence-corrected chi connectivity index (χ0v) is 8.94. The van der Waals surface area contributed by atoms with Crippen molar-refractivity contribution in [1.82, 2.24) is 4.98 Å². The molecule has 2 nitrogen and oxygen atoms in total. The predicted molar refractivity (Wildman–Crippen MR) is 42.4 cm³/mol. The van der Waals surface area contributed by atoms with E-state index in [2.05, 4.69) is 4.98 Å². The number of hydrogen-bond donors (Lipinski definition) is 1. The van der Waals surface area contributed by atoms with Crippen molar-refractivity contribution in [1.29, 1.82) is 0 Å². The minimum absolute atomic E-state index is 0. The van der Waals surface area contributed by atoms with Gasteiger partial charge in [-0.1, -0.05) is 23.5 Å². The number of para-hydroxylation sites is 1. The number of hydrogen-bond acceptors (Lipinski definition) is 2. The van der Waals surface area contributed by atoms with Crippen LogP contribution in [0.3, 0.4) is 0 Å². The van der Waals surface area contributed by atoms with E-state index in [1.54, 1.807) is 0 Å². The van der Waals surface area contributed by atoms with Crippen LogP contribution in [-0.4, -0.2) is 4.98 Å². The van der Waals surface area contributed by atoms with E-state index in [0.717, 1.165) is 10.2 Å². The fraction of sp³-hybridized carbons (Fsp3) is 0. The number of aromatic nitrogens is 1. The first kappa shape index (κ1) is 9.00. The standard InChI is InChI=1S/C7H5NOS.Na/c9-7-8-5-3-1-2-4-6(5)10-7;/h1-4H,(H,8,9);/q;+1. The third-order valence-electron chi connectivity index (χ3n) is 1.33. The van der Waals surface area contributed by atoms with Crippen molar-refractivity contribution < 1.29 is 29.6 Å². The summed E-state index contributed by atoms with van der Waals surface area (Å²) in [6.45, 7) is 0. The number of rotatable bonds is 0. The van der Waals surface area contributed by atoms with Gasteiger partial charge >= 0.3 is 34.4 Å². The van der Waals surface area contributed by atoms with Gasteiger partial charge in [0.1, 0.15) is 0 Å². The SMILES string of the molecule is O=c1[nH]c2ccccc2s1.[Na+]. The van der Waals surface area contributed by atoms with Gasteiger partial charge in [-0.25, -0.2) is 0 Å². The van der Waals surface area contributed by atoms with Gasteiger partial charge in [-0.2, -0.15) is 0 Å². The second kappa shape index (κ2) is 3.54. The van der Waals surface area contributed by atoms with Gasteiger partial charge in [0.05, 0.1) is 10.2 Å². The molecule has 1 heterocycles. The molecule has 0 atom stereocenters. The van der Waals surface area contributed by atoms with Crippen LogP contribution in [0.5, 0.6) is 0 Å². The molecule has 4 heteroatoms. The molecule has 2 aromatic rings. The van der Waals surface area contributed by atoms with E-state index in [1.807, 2.05) is 24.3 Å². The smallest absolute Gasteiger partial charge is 0.312 e. The van der Waals surface area contributed by atoms with Crippen molar-refractivity contribution in [3.8, 4) is 0 Å². The summed E-state index contributed by atoms with van der Waals surface area (Å²) in [5.41, 5.74) is 0.928. The van der Waals surface area contributed by atoms with Gasteiger partial charge < -0.3 is 4.98 Å². The number of benzene rings is 1. The van der Waals surface area contributed by atoms with Crippen LogP contribution in [-0.2, 0) is 0 Å². The van der Waals surface area contributed by atoms with Crippen molar-refractivity contribution in [2.75, 3.05) is 0 Å². The fourth-order valence-corrected chi connectivity index (χ4v) is 1.63. The topological polar surface area (TPSA) is 32.9 Å². The molecule has 0 unspecified atom stereocenters. The van der Waals surface area contributed by atoms with Crippen LogP contribution in [0.4, 0.5) is 0 Å². The van der Waals surface area contributed by atoms with Gasteiger partial charge in [-0.3, -0.25) is 4.79 Å². The molecule has 0 bridgehead atoms. The summed E-state index contributed by atoms with van der Waals surface area (Å²) in [6.07, 6.45) is 0. The monoisotopic (exact) mass is 174 g/mol. The van der Waals surface area contributed by atoms with Crippen LogP contribution in [0.2, 0.25) is 0 Å². The molecule has 2 rings (SSSR count). The van der Waals surface area contributed by atoms with E-state index < -0.39 is 0 Å². The van der Waals surface area contributed by atoms with E-state index in [4.69, 9.17) is 0 Å². The Morgan fingerprint density at radius 2 is 2.00 bits per heavy atom. The molecule has 0 amide bonds. The van der Waals surface area contributed by atoms with E-state index in [9.17, 15) is 4.79 Å². The van der Waals surface area contributed by atoms with Crippen LogP contribution in [0, 0.1) is 0 Å². The number of aromatic amines is 1. The van der Waals surface area contributed by atoms with Gasteiger partial charge in [0.2, 0.25) is 0 Å². The molecule has 0 spiro atoms. The van der Waals surface area contributed by atoms with E-state index >= 15 is 0 Å². The first-order valence-corrected chi connectivity index (χ1v) is 3.76. The Morgan fingerprint density at radius 3 is 2.73 bits per heavy atom. The molecule has 0 aliphatic heterocycles. The first-order chi connectivity index (χ1) is 4.86. The Labute approximate surface area is 89.5 Å². The van der Waals surface area contributed by atoms with Crippen molar-refractivity contribution >= 4 is 21.6 Å². The molecule has 1 aromatic carbocycles. The maximum atomic E-state index is 10.8. The zero-order chi connectivity index (χ0) is 6.97. The average molecular weight is 174 g/mol. The fourth-order valence-electron chi connectivity index (χ4n) is 0.894. The predicted octanol–water partition coefficient (Wildman–Crippen LogP) is -1.41. The van der Waals surface area contributed by atoms with Crippen LogP contribution in [0.25, 0.3) is 10.2 Å². The van der Waals surface area contributed by atoms with Crippen molar-refractivity contribution in [2.45, 2.75) is 0 Å². The number of nitrogens with one attached hydrogen (secondary N) is 1. The molecule has 0 radical (unpaired) electrons. The minimum atomic E-state index is 0. The Balaban J connectivity index is 0.000000605. The molecule has 0 aliphatic rings. The van der Waals surface area contributed by atoms with Gasteiger partial charge in [-0.15, -0.1) is 0 Å². The normalized spacial score (nSPS) is 9.45. The van der Waals surface area contributed by atoms with E-state index in [-0.39, 0.29) is 34.4 Å². The minimum Gasteiger partial charge on any atom is -0.312 e. The molecule has 11 heavy (non-hydrogen) atoms. The summed E-state index contributed by atoms with van der Waals surface area (Å²) in [6, 6.07) is 7.65. The van der Waals surface area contributed by atoms with Crippen LogP contribution < -0.4 is 34.4 Å². The van der Waals surface area contributed by atoms with Gasteiger partial charge in [0.15, 0.2) is 0 Å². The summed E-state index contributed by atoms with van der Waals surface area (Å²) >= 11 is 1.24. The number of fused-ring (bicyclic) bond motifs is 1. The largest absolute Gasteiger partial charge is 1.00 e. The van der Waals surface area contributed by atoms with Crippen LogP contribution in [0.1, 0.15) is 0 Å². The van der Waals surface area contributed by atoms with Crippen LogP contribution in [0.15, 0.2) is 29.1 Å². The summed E-state index contributed by atoms with van der Waals surface area (Å²) in [4.78, 5) is 13.5.